The molecule has 5 nitrogen and oxygen atoms in total. The maximum Gasteiger partial charge on any atom is 0.157 e. The van der Waals surface area contributed by atoms with Crippen LogP contribution in [0, 0.1) is 0 Å². The molecule has 0 atom stereocenters. The first-order chi connectivity index (χ1) is 9.30. The van der Waals surface area contributed by atoms with Gasteiger partial charge in [0.2, 0.25) is 0 Å². The average molecular weight is 285 g/mol. The molecule has 19 heavy (non-hydrogen) atoms. The van der Waals surface area contributed by atoms with Gasteiger partial charge in [-0.3, -0.25) is 0 Å². The fourth-order valence-corrected chi connectivity index (χ4v) is 2.24. The monoisotopic (exact) mass is 285 g/mol. The van der Waals surface area contributed by atoms with E-state index in [1.807, 2.05) is 13.0 Å². The third-order valence-electron chi connectivity index (χ3n) is 2.29. The van der Waals surface area contributed by atoms with Gasteiger partial charge < -0.3 is 15.2 Å². The maximum atomic E-state index is 8.81. The van der Waals surface area contributed by atoms with Crippen molar-refractivity contribution in [3.8, 4) is 0 Å². The molecular weight excluding hydrogens is 262 g/mol. The number of thioether (sulfide) groups is 1. The number of nitrogens with one attached hydrogen (secondary N) is 1. The molecule has 0 aliphatic carbocycles. The second kappa shape index (κ2) is 10.00. The minimum absolute atomic E-state index is 0.213. The molecule has 0 bridgehead atoms. The molecule has 0 spiro atoms. The van der Waals surface area contributed by atoms with Crippen LogP contribution in [0.15, 0.2) is 11.1 Å². The highest BCUT2D eigenvalue weighted by molar-refractivity contribution is 7.99. The predicted molar refractivity (Wildman–Crippen MR) is 78.6 cm³/mol. The highest BCUT2D eigenvalue weighted by Gasteiger charge is 2.05. The molecule has 0 saturated carbocycles. The summed E-state index contributed by atoms with van der Waals surface area (Å²) in [5, 5.41) is 13.0. The van der Waals surface area contributed by atoms with Gasteiger partial charge in [-0.1, -0.05) is 6.92 Å². The van der Waals surface area contributed by atoms with E-state index in [4.69, 9.17) is 9.84 Å². The topological polar surface area (TPSA) is 67.3 Å². The van der Waals surface area contributed by atoms with Gasteiger partial charge in [0.1, 0.15) is 17.5 Å². The normalized spacial score (nSPS) is 10.7. The van der Waals surface area contributed by atoms with E-state index >= 15 is 0 Å². The lowest BCUT2D eigenvalue weighted by Gasteiger charge is -2.09. The number of aromatic nitrogens is 2. The highest BCUT2D eigenvalue weighted by Crippen LogP contribution is 2.19. The molecule has 0 aromatic carbocycles. The summed E-state index contributed by atoms with van der Waals surface area (Å²) in [4.78, 5) is 8.88. The molecule has 0 aliphatic heterocycles. The van der Waals surface area contributed by atoms with E-state index in [2.05, 4.69) is 22.2 Å². The molecule has 1 heterocycles. The first-order valence-corrected chi connectivity index (χ1v) is 7.72. The summed E-state index contributed by atoms with van der Waals surface area (Å²) in [6.45, 7) is 6.27. The van der Waals surface area contributed by atoms with Gasteiger partial charge in [0.05, 0.1) is 0 Å². The molecule has 2 N–H and O–H groups in total. The summed E-state index contributed by atoms with van der Waals surface area (Å²) in [7, 11) is 0. The van der Waals surface area contributed by atoms with E-state index in [0.717, 1.165) is 36.0 Å². The number of rotatable bonds is 10. The van der Waals surface area contributed by atoms with Crippen LogP contribution in [0.5, 0.6) is 0 Å². The number of aliphatic hydroxyl groups excluding tert-OH is 1. The first-order valence-electron chi connectivity index (χ1n) is 6.73. The number of anilines is 1. The van der Waals surface area contributed by atoms with Gasteiger partial charge in [0.15, 0.2) is 5.82 Å². The van der Waals surface area contributed by atoms with Crippen LogP contribution < -0.4 is 5.32 Å². The van der Waals surface area contributed by atoms with E-state index in [1.54, 1.807) is 11.8 Å². The Bertz CT molecular complexity index is 337. The van der Waals surface area contributed by atoms with Gasteiger partial charge >= 0.3 is 0 Å². The van der Waals surface area contributed by atoms with Gasteiger partial charge in [-0.05, 0) is 19.8 Å². The molecule has 0 saturated heterocycles. The van der Waals surface area contributed by atoms with Crippen molar-refractivity contribution >= 4 is 17.6 Å². The maximum absolute atomic E-state index is 8.81. The van der Waals surface area contributed by atoms with Crippen LogP contribution >= 0.6 is 11.8 Å². The van der Waals surface area contributed by atoms with Crippen LogP contribution in [0.4, 0.5) is 5.82 Å². The Morgan fingerprint density at radius 2 is 2.21 bits per heavy atom. The van der Waals surface area contributed by atoms with Crippen molar-refractivity contribution < 1.29 is 9.84 Å². The van der Waals surface area contributed by atoms with Crippen molar-refractivity contribution in [3.63, 3.8) is 0 Å². The number of nitrogens with zero attached hydrogens (tertiary/aromatic N) is 2. The van der Waals surface area contributed by atoms with E-state index < -0.39 is 0 Å². The lowest BCUT2D eigenvalue weighted by Crippen LogP contribution is -2.07. The molecule has 6 heteroatoms. The summed E-state index contributed by atoms with van der Waals surface area (Å²) in [5.41, 5.74) is 0. The highest BCUT2D eigenvalue weighted by atomic mass is 32.2. The molecule has 1 aromatic heterocycles. The van der Waals surface area contributed by atoms with Crippen LogP contribution in [0.1, 0.15) is 32.5 Å². The summed E-state index contributed by atoms with van der Waals surface area (Å²) in [6.07, 6.45) is 1.82. The Hall–Kier alpha value is -0.850. The lowest BCUT2D eigenvalue weighted by molar-refractivity contribution is 0.128. The number of hydrogen-bond donors (Lipinski definition) is 2. The predicted octanol–water partition coefficient (Wildman–Crippen LogP) is 2.31. The van der Waals surface area contributed by atoms with Gasteiger partial charge in [0, 0.05) is 31.6 Å². The molecular formula is C13H23N3O2S. The smallest absolute Gasteiger partial charge is 0.157 e. The fourth-order valence-electron chi connectivity index (χ4n) is 1.39. The number of ether oxygens (including phenoxy) is 1. The third kappa shape index (κ3) is 6.75. The lowest BCUT2D eigenvalue weighted by atomic mass is 10.4. The van der Waals surface area contributed by atoms with E-state index in [0.29, 0.717) is 19.0 Å². The van der Waals surface area contributed by atoms with Crippen LogP contribution in [0.2, 0.25) is 0 Å². The van der Waals surface area contributed by atoms with Crippen LogP contribution in [0.3, 0.4) is 0 Å². The molecule has 1 rings (SSSR count). The first kappa shape index (κ1) is 16.2. The molecule has 108 valence electrons. The van der Waals surface area contributed by atoms with E-state index in [1.165, 1.54) is 0 Å². The number of aliphatic hydroxyl groups is 1. The van der Waals surface area contributed by atoms with Crippen molar-refractivity contribution in [3.05, 3.63) is 11.9 Å². The van der Waals surface area contributed by atoms with Crippen LogP contribution in [0.25, 0.3) is 0 Å². The molecule has 0 amide bonds. The van der Waals surface area contributed by atoms with Gasteiger partial charge in [-0.2, -0.15) is 0 Å². The number of hydrogen-bond acceptors (Lipinski definition) is 6. The quantitative estimate of drug-likeness (QED) is 0.391. The SMILES string of the molecule is CCCNc1cc(SCCCO)nc(COCC)n1. The minimum Gasteiger partial charge on any atom is -0.396 e. The molecule has 0 radical (unpaired) electrons. The van der Waals surface area contributed by atoms with Gasteiger partial charge in [-0.15, -0.1) is 11.8 Å². The van der Waals surface area contributed by atoms with Gasteiger partial charge in [-0.25, -0.2) is 9.97 Å². The zero-order valence-electron chi connectivity index (χ0n) is 11.7. The Balaban J connectivity index is 2.70. The molecule has 0 aliphatic rings. The van der Waals surface area contributed by atoms with Crippen molar-refractivity contribution in [2.75, 3.05) is 30.8 Å². The Labute approximate surface area is 119 Å². The summed E-state index contributed by atoms with van der Waals surface area (Å²) >= 11 is 1.63. The van der Waals surface area contributed by atoms with Crippen molar-refractivity contribution in [1.82, 2.24) is 9.97 Å². The second-order valence-electron chi connectivity index (χ2n) is 4.00. The van der Waals surface area contributed by atoms with Crippen molar-refractivity contribution in [2.24, 2.45) is 0 Å². The Morgan fingerprint density at radius 1 is 1.37 bits per heavy atom. The van der Waals surface area contributed by atoms with Crippen LogP contribution in [-0.4, -0.2) is 40.6 Å². The van der Waals surface area contributed by atoms with E-state index in [-0.39, 0.29) is 6.61 Å². The Morgan fingerprint density at radius 3 is 2.89 bits per heavy atom. The average Bonchev–Trinajstić information content (AvgIpc) is 2.43. The van der Waals surface area contributed by atoms with E-state index in [9.17, 15) is 0 Å². The second-order valence-corrected chi connectivity index (χ2v) is 5.11. The van der Waals surface area contributed by atoms with Gasteiger partial charge in [0.25, 0.3) is 0 Å². The Kier molecular flexibility index (Phi) is 8.53. The summed E-state index contributed by atoms with van der Waals surface area (Å²) < 4.78 is 5.36. The minimum atomic E-state index is 0.213. The molecule has 1 aromatic rings. The molecule has 0 fully saturated rings. The largest absolute Gasteiger partial charge is 0.396 e. The molecule has 0 unspecified atom stereocenters. The third-order valence-corrected chi connectivity index (χ3v) is 3.29. The van der Waals surface area contributed by atoms with Crippen molar-refractivity contribution in [1.29, 1.82) is 0 Å². The summed E-state index contributed by atoms with van der Waals surface area (Å²) in [6, 6.07) is 1.95. The van der Waals surface area contributed by atoms with Crippen molar-refractivity contribution in [2.45, 2.75) is 38.3 Å². The zero-order chi connectivity index (χ0) is 13.9. The summed E-state index contributed by atoms with van der Waals surface area (Å²) in [5.74, 6) is 2.40. The zero-order valence-corrected chi connectivity index (χ0v) is 12.5. The fraction of sp³-hybridized carbons (Fsp3) is 0.692. The standard InChI is InChI=1S/C13H23N3O2S/c1-3-6-14-11-9-13(19-8-5-7-17)16-12(15-11)10-18-4-2/h9,17H,3-8,10H2,1-2H3,(H,14,15,16). The van der Waals surface area contributed by atoms with Crippen LogP contribution in [-0.2, 0) is 11.3 Å².